The molecule has 18 heavy (non-hydrogen) atoms. The Morgan fingerprint density at radius 2 is 2.33 bits per heavy atom. The van der Waals surface area contributed by atoms with Crippen molar-refractivity contribution in [3.05, 3.63) is 44.4 Å². The number of aromatic nitrogens is 1. The molecule has 1 amide bonds. The van der Waals surface area contributed by atoms with Crippen LogP contribution in [0.2, 0.25) is 0 Å². The third kappa shape index (κ3) is 4.20. The van der Waals surface area contributed by atoms with Crippen molar-refractivity contribution in [3.8, 4) is 0 Å². The van der Waals surface area contributed by atoms with Gasteiger partial charge < -0.3 is 10.3 Å². The number of pyridine rings is 1. The minimum Gasteiger partial charge on any atom is -0.356 e. The van der Waals surface area contributed by atoms with Crippen LogP contribution in [0, 0.1) is 10.1 Å². The van der Waals surface area contributed by atoms with Gasteiger partial charge in [0.05, 0.1) is 11.1 Å². The predicted octanol–water partition coefficient (Wildman–Crippen LogP) is 0.822. The van der Waals surface area contributed by atoms with Crippen LogP contribution in [0.5, 0.6) is 0 Å². The molecule has 0 saturated carbocycles. The van der Waals surface area contributed by atoms with Crippen molar-refractivity contribution in [2.75, 3.05) is 6.54 Å². The Hall–Kier alpha value is -2.44. The number of nitrogens with zero attached hydrogens (tertiary/aromatic N) is 1. The Kier molecular flexibility index (Phi) is 4.79. The second kappa shape index (κ2) is 6.33. The van der Waals surface area contributed by atoms with Crippen LogP contribution in [0.3, 0.4) is 0 Å². The summed E-state index contributed by atoms with van der Waals surface area (Å²) in [5, 5.41) is 13.1. The largest absolute Gasteiger partial charge is 0.356 e. The molecule has 7 nitrogen and oxygen atoms in total. The maximum absolute atomic E-state index is 11.4. The molecule has 0 aliphatic carbocycles. The van der Waals surface area contributed by atoms with Crippen molar-refractivity contribution in [1.29, 1.82) is 0 Å². The molecule has 0 fully saturated rings. The Bertz CT molecular complexity index is 533. The maximum atomic E-state index is 11.4. The first-order valence-electron chi connectivity index (χ1n) is 5.29. The van der Waals surface area contributed by atoms with E-state index in [4.69, 9.17) is 0 Å². The summed E-state index contributed by atoms with van der Waals surface area (Å²) in [6.45, 7) is 1.87. The predicted molar refractivity (Wildman–Crippen MR) is 66.1 cm³/mol. The molecule has 0 aromatic carbocycles. The molecule has 1 heterocycles. The number of nitrogens with one attached hydrogen (secondary N) is 2. The molecule has 0 unspecified atom stereocenters. The van der Waals surface area contributed by atoms with Crippen LogP contribution in [0.15, 0.2) is 23.1 Å². The molecule has 0 bridgehead atoms. The van der Waals surface area contributed by atoms with Gasteiger partial charge in [-0.3, -0.25) is 19.7 Å². The van der Waals surface area contributed by atoms with Gasteiger partial charge in [-0.05, 0) is 6.42 Å². The molecular formula is C11H13N3O4. The zero-order valence-electron chi connectivity index (χ0n) is 9.80. The summed E-state index contributed by atoms with van der Waals surface area (Å²) >= 11 is 0. The van der Waals surface area contributed by atoms with Crippen molar-refractivity contribution in [1.82, 2.24) is 10.3 Å². The molecule has 0 saturated heterocycles. The zero-order valence-corrected chi connectivity index (χ0v) is 9.80. The number of aromatic amines is 1. The van der Waals surface area contributed by atoms with E-state index >= 15 is 0 Å². The van der Waals surface area contributed by atoms with E-state index < -0.39 is 10.5 Å². The van der Waals surface area contributed by atoms with Crippen LogP contribution in [0.1, 0.15) is 18.9 Å². The first-order chi connectivity index (χ1) is 8.50. The van der Waals surface area contributed by atoms with Gasteiger partial charge in [-0.2, -0.15) is 0 Å². The number of carbonyl (C=O) groups is 1. The number of H-pyrrole nitrogens is 1. The summed E-state index contributed by atoms with van der Waals surface area (Å²) < 4.78 is 0. The average molecular weight is 251 g/mol. The molecule has 2 N–H and O–H groups in total. The summed E-state index contributed by atoms with van der Waals surface area (Å²) in [6.07, 6.45) is 4.76. The Labute approximate surface area is 103 Å². The van der Waals surface area contributed by atoms with Crippen molar-refractivity contribution in [3.63, 3.8) is 0 Å². The maximum Gasteiger partial charge on any atom is 0.286 e. The van der Waals surface area contributed by atoms with Crippen LogP contribution < -0.4 is 10.9 Å². The topological polar surface area (TPSA) is 105 Å². The summed E-state index contributed by atoms with van der Waals surface area (Å²) in [5.41, 5.74) is -0.348. The highest BCUT2D eigenvalue weighted by molar-refractivity contribution is 5.72. The lowest BCUT2D eigenvalue weighted by Gasteiger charge is -1.97. The van der Waals surface area contributed by atoms with Crippen molar-refractivity contribution < 1.29 is 9.72 Å². The number of carbonyl (C=O) groups excluding carboxylic acids is 1. The summed E-state index contributed by atoms with van der Waals surface area (Å²) in [7, 11) is 0. The highest BCUT2D eigenvalue weighted by Crippen LogP contribution is 2.09. The Morgan fingerprint density at radius 3 is 2.94 bits per heavy atom. The lowest BCUT2D eigenvalue weighted by Crippen LogP contribution is -2.20. The van der Waals surface area contributed by atoms with Gasteiger partial charge in [-0.25, -0.2) is 0 Å². The highest BCUT2D eigenvalue weighted by atomic mass is 16.6. The van der Waals surface area contributed by atoms with Crippen LogP contribution in [-0.2, 0) is 4.79 Å². The summed E-state index contributed by atoms with van der Waals surface area (Å²) in [6, 6.07) is 1.20. The minimum absolute atomic E-state index is 0.128. The molecule has 7 heteroatoms. The second-order valence-electron chi connectivity index (χ2n) is 3.57. The normalized spacial score (nSPS) is 10.5. The Balaban J connectivity index is 2.68. The number of nitro groups is 1. The first-order valence-corrected chi connectivity index (χ1v) is 5.29. The van der Waals surface area contributed by atoms with Gasteiger partial charge in [0, 0.05) is 25.1 Å². The Morgan fingerprint density at radius 1 is 1.61 bits per heavy atom. The molecule has 1 aromatic heterocycles. The van der Waals surface area contributed by atoms with Crippen molar-refractivity contribution in [2.45, 2.75) is 13.3 Å². The second-order valence-corrected chi connectivity index (χ2v) is 3.57. The van der Waals surface area contributed by atoms with Crippen molar-refractivity contribution in [2.24, 2.45) is 0 Å². The van der Waals surface area contributed by atoms with E-state index in [2.05, 4.69) is 10.3 Å². The summed E-state index contributed by atoms with van der Waals surface area (Å²) in [4.78, 5) is 34.2. The number of amides is 1. The molecule has 0 radical (unpaired) electrons. The monoisotopic (exact) mass is 251 g/mol. The molecule has 1 aromatic rings. The summed E-state index contributed by atoms with van der Waals surface area (Å²) in [5.74, 6) is -0.128. The van der Waals surface area contributed by atoms with Gasteiger partial charge in [-0.1, -0.05) is 12.2 Å². The van der Waals surface area contributed by atoms with E-state index in [1.807, 2.05) is 0 Å². The van der Waals surface area contributed by atoms with Gasteiger partial charge in [0.1, 0.15) is 0 Å². The van der Waals surface area contributed by atoms with Gasteiger partial charge in [0.2, 0.25) is 5.91 Å². The van der Waals surface area contributed by atoms with E-state index in [1.54, 1.807) is 6.08 Å². The SMILES string of the molecule is CC(=O)NCCC=Cc1cc([N+](=O)[O-])c[nH]c1=O. The molecule has 0 atom stereocenters. The quantitative estimate of drug-likeness (QED) is 0.459. The van der Waals surface area contributed by atoms with Gasteiger partial charge in [-0.15, -0.1) is 0 Å². The first kappa shape index (κ1) is 13.6. The van der Waals surface area contributed by atoms with Crippen LogP contribution in [0.25, 0.3) is 6.08 Å². The molecule has 1 rings (SSSR count). The van der Waals surface area contributed by atoms with E-state index in [-0.39, 0.29) is 17.2 Å². The number of hydrogen-bond donors (Lipinski definition) is 2. The van der Waals surface area contributed by atoms with E-state index in [0.29, 0.717) is 13.0 Å². The van der Waals surface area contributed by atoms with Crippen molar-refractivity contribution >= 4 is 17.7 Å². The lowest BCUT2D eigenvalue weighted by atomic mass is 10.2. The number of rotatable bonds is 5. The molecule has 96 valence electrons. The average Bonchev–Trinajstić information content (AvgIpc) is 2.30. The smallest absolute Gasteiger partial charge is 0.286 e. The standard InChI is InChI=1S/C11H13N3O4/c1-8(15)12-5-3-2-4-9-6-10(14(17)18)7-13-11(9)16/h2,4,6-7H,3,5H2,1H3,(H,12,15)(H,13,16). The third-order valence-electron chi connectivity index (χ3n) is 2.11. The molecular weight excluding hydrogens is 238 g/mol. The highest BCUT2D eigenvalue weighted by Gasteiger charge is 2.07. The third-order valence-corrected chi connectivity index (χ3v) is 2.11. The molecule has 0 aliphatic heterocycles. The van der Waals surface area contributed by atoms with E-state index in [9.17, 15) is 19.7 Å². The van der Waals surface area contributed by atoms with Crippen LogP contribution >= 0.6 is 0 Å². The fourth-order valence-corrected chi connectivity index (χ4v) is 1.26. The number of hydrogen-bond acceptors (Lipinski definition) is 4. The van der Waals surface area contributed by atoms with E-state index in [1.165, 1.54) is 19.1 Å². The van der Waals surface area contributed by atoms with E-state index in [0.717, 1.165) is 6.20 Å². The van der Waals surface area contributed by atoms with Crippen LogP contribution in [0.4, 0.5) is 5.69 Å². The lowest BCUT2D eigenvalue weighted by molar-refractivity contribution is -0.385. The molecule has 0 aliphatic rings. The van der Waals surface area contributed by atoms with Crippen LogP contribution in [-0.4, -0.2) is 22.4 Å². The fraction of sp³-hybridized carbons (Fsp3) is 0.273. The van der Waals surface area contributed by atoms with Gasteiger partial charge >= 0.3 is 0 Å². The van der Waals surface area contributed by atoms with Gasteiger partial charge in [0.25, 0.3) is 11.2 Å². The zero-order chi connectivity index (χ0) is 13.5. The minimum atomic E-state index is -0.579. The fourth-order valence-electron chi connectivity index (χ4n) is 1.26. The van der Waals surface area contributed by atoms with Gasteiger partial charge in [0.15, 0.2) is 0 Å². The molecule has 0 spiro atoms.